The summed E-state index contributed by atoms with van der Waals surface area (Å²) in [7, 11) is 0. The molecule has 12 heavy (non-hydrogen) atoms. The van der Waals surface area contributed by atoms with Gasteiger partial charge in [-0.1, -0.05) is 33.6 Å². The molecule has 0 aromatic heterocycles. The Morgan fingerprint density at radius 3 is 1.92 bits per heavy atom. The molecule has 0 radical (unpaired) electrons. The number of aliphatic hydroxyl groups excluding tert-OH is 1. The average molecular weight is 174 g/mol. The third-order valence-electron chi connectivity index (χ3n) is 1.92. The van der Waals surface area contributed by atoms with Crippen molar-refractivity contribution in [2.24, 2.45) is 0 Å². The smallest absolute Gasteiger partial charge is 0.154 e. The van der Waals surface area contributed by atoms with Gasteiger partial charge in [-0.05, 0) is 19.3 Å². The first-order valence-electron chi connectivity index (χ1n) is 5.08. The number of hydrogen-bond donors (Lipinski definition) is 1. The topological polar surface area (TPSA) is 29.5 Å². The van der Waals surface area contributed by atoms with Gasteiger partial charge in [0.15, 0.2) is 6.29 Å². The van der Waals surface area contributed by atoms with Crippen LogP contribution < -0.4 is 0 Å². The van der Waals surface area contributed by atoms with E-state index in [1.807, 2.05) is 6.92 Å². The number of ether oxygens (including phenoxy) is 1. The number of aliphatic hydroxyl groups is 1. The molecule has 0 amide bonds. The van der Waals surface area contributed by atoms with Crippen molar-refractivity contribution in [3.8, 4) is 0 Å². The Morgan fingerprint density at radius 1 is 1.08 bits per heavy atom. The molecule has 0 rings (SSSR count). The predicted octanol–water partition coefficient (Wildman–Crippen LogP) is 2.70. The van der Waals surface area contributed by atoms with Gasteiger partial charge in [-0.3, -0.25) is 0 Å². The minimum atomic E-state index is -0.562. The van der Waals surface area contributed by atoms with Gasteiger partial charge in [0.1, 0.15) is 0 Å². The van der Waals surface area contributed by atoms with Crippen LogP contribution in [0, 0.1) is 0 Å². The Kier molecular flexibility index (Phi) is 7.51. The van der Waals surface area contributed by atoms with Crippen LogP contribution >= 0.6 is 0 Å². The summed E-state index contributed by atoms with van der Waals surface area (Å²) >= 11 is 0. The molecule has 0 spiro atoms. The van der Waals surface area contributed by atoms with Crippen molar-refractivity contribution >= 4 is 0 Å². The molecule has 0 fully saturated rings. The highest BCUT2D eigenvalue weighted by Gasteiger charge is 2.10. The van der Waals surface area contributed by atoms with Crippen LogP contribution in [0.2, 0.25) is 0 Å². The summed E-state index contributed by atoms with van der Waals surface area (Å²) in [4.78, 5) is 0. The molecule has 0 aliphatic carbocycles. The molecule has 74 valence electrons. The van der Waals surface area contributed by atoms with Gasteiger partial charge in [0.25, 0.3) is 0 Å². The van der Waals surface area contributed by atoms with Crippen molar-refractivity contribution in [2.75, 3.05) is 0 Å². The van der Waals surface area contributed by atoms with E-state index in [2.05, 4.69) is 13.8 Å². The molecule has 0 aromatic carbocycles. The van der Waals surface area contributed by atoms with Crippen molar-refractivity contribution in [2.45, 2.75) is 65.3 Å². The SMILES string of the molecule is CCCC(CCC)OC(O)CC. The van der Waals surface area contributed by atoms with Gasteiger partial charge in [-0.2, -0.15) is 0 Å². The van der Waals surface area contributed by atoms with Crippen LogP contribution in [0.5, 0.6) is 0 Å². The zero-order valence-corrected chi connectivity index (χ0v) is 8.55. The minimum absolute atomic E-state index is 0.259. The lowest BCUT2D eigenvalue weighted by molar-refractivity contribution is -0.140. The Bertz CT molecular complexity index is 87.8. The summed E-state index contributed by atoms with van der Waals surface area (Å²) in [5.41, 5.74) is 0. The first kappa shape index (κ1) is 11.9. The molecule has 1 unspecified atom stereocenters. The third-order valence-corrected chi connectivity index (χ3v) is 1.92. The van der Waals surface area contributed by atoms with Crippen LogP contribution in [0.15, 0.2) is 0 Å². The summed E-state index contributed by atoms with van der Waals surface area (Å²) in [5, 5.41) is 9.26. The van der Waals surface area contributed by atoms with Crippen LogP contribution in [0.4, 0.5) is 0 Å². The largest absolute Gasteiger partial charge is 0.368 e. The van der Waals surface area contributed by atoms with Gasteiger partial charge in [-0.15, -0.1) is 0 Å². The van der Waals surface area contributed by atoms with E-state index in [1.54, 1.807) is 0 Å². The second-order valence-corrected chi connectivity index (χ2v) is 3.20. The van der Waals surface area contributed by atoms with Gasteiger partial charge in [0.05, 0.1) is 6.10 Å². The zero-order valence-electron chi connectivity index (χ0n) is 8.55. The van der Waals surface area contributed by atoms with E-state index in [9.17, 15) is 5.11 Å². The molecule has 0 saturated carbocycles. The highest BCUT2D eigenvalue weighted by molar-refractivity contribution is 4.56. The lowest BCUT2D eigenvalue weighted by Crippen LogP contribution is -2.21. The monoisotopic (exact) mass is 174 g/mol. The number of hydrogen-bond acceptors (Lipinski definition) is 2. The highest BCUT2D eigenvalue weighted by Crippen LogP contribution is 2.11. The van der Waals surface area contributed by atoms with Gasteiger partial charge >= 0.3 is 0 Å². The molecule has 2 nitrogen and oxygen atoms in total. The molecule has 0 aromatic rings. The quantitative estimate of drug-likeness (QED) is 0.601. The minimum Gasteiger partial charge on any atom is -0.368 e. The fourth-order valence-corrected chi connectivity index (χ4v) is 1.24. The van der Waals surface area contributed by atoms with E-state index in [0.29, 0.717) is 6.42 Å². The fraction of sp³-hybridized carbons (Fsp3) is 1.00. The van der Waals surface area contributed by atoms with E-state index < -0.39 is 6.29 Å². The second-order valence-electron chi connectivity index (χ2n) is 3.20. The van der Waals surface area contributed by atoms with E-state index in [0.717, 1.165) is 25.7 Å². The molecule has 0 aliphatic rings. The van der Waals surface area contributed by atoms with Crippen LogP contribution in [0.25, 0.3) is 0 Å². The van der Waals surface area contributed by atoms with Gasteiger partial charge in [0, 0.05) is 0 Å². The second kappa shape index (κ2) is 7.56. The lowest BCUT2D eigenvalue weighted by atomic mass is 10.1. The average Bonchev–Trinajstić information content (AvgIpc) is 2.05. The molecule has 0 heterocycles. The predicted molar refractivity (Wildman–Crippen MR) is 51.0 cm³/mol. The normalized spacial score (nSPS) is 13.8. The van der Waals surface area contributed by atoms with Crippen molar-refractivity contribution in [3.05, 3.63) is 0 Å². The molecule has 0 aliphatic heterocycles. The maximum absolute atomic E-state index is 9.26. The summed E-state index contributed by atoms with van der Waals surface area (Å²) < 4.78 is 5.44. The first-order valence-corrected chi connectivity index (χ1v) is 5.08. The summed E-state index contributed by atoms with van der Waals surface area (Å²) in [5.74, 6) is 0. The van der Waals surface area contributed by atoms with E-state index in [1.165, 1.54) is 0 Å². The molecule has 0 bridgehead atoms. The van der Waals surface area contributed by atoms with Crippen molar-refractivity contribution in [1.82, 2.24) is 0 Å². The van der Waals surface area contributed by atoms with Crippen LogP contribution in [0.3, 0.4) is 0 Å². The molecule has 2 heteroatoms. The molecule has 1 N–H and O–H groups in total. The maximum atomic E-state index is 9.26. The third kappa shape index (κ3) is 5.56. The molecular weight excluding hydrogens is 152 g/mol. The first-order chi connectivity index (χ1) is 5.74. The summed E-state index contributed by atoms with van der Waals surface area (Å²) in [6.45, 7) is 6.22. The van der Waals surface area contributed by atoms with Crippen LogP contribution in [-0.4, -0.2) is 17.5 Å². The summed E-state index contributed by atoms with van der Waals surface area (Å²) in [6.07, 6.45) is 4.75. The fourth-order valence-electron chi connectivity index (χ4n) is 1.24. The van der Waals surface area contributed by atoms with Crippen LogP contribution in [0.1, 0.15) is 52.9 Å². The van der Waals surface area contributed by atoms with E-state index >= 15 is 0 Å². The van der Waals surface area contributed by atoms with E-state index in [-0.39, 0.29) is 6.10 Å². The van der Waals surface area contributed by atoms with Gasteiger partial charge < -0.3 is 9.84 Å². The van der Waals surface area contributed by atoms with Crippen LogP contribution in [-0.2, 0) is 4.74 Å². The Morgan fingerprint density at radius 2 is 1.58 bits per heavy atom. The van der Waals surface area contributed by atoms with Gasteiger partial charge in [0.2, 0.25) is 0 Å². The van der Waals surface area contributed by atoms with E-state index in [4.69, 9.17) is 4.74 Å². The Balaban J connectivity index is 3.61. The zero-order chi connectivity index (χ0) is 9.40. The lowest BCUT2D eigenvalue weighted by Gasteiger charge is -2.19. The summed E-state index contributed by atoms with van der Waals surface area (Å²) in [6, 6.07) is 0. The van der Waals surface area contributed by atoms with Crippen molar-refractivity contribution in [1.29, 1.82) is 0 Å². The highest BCUT2D eigenvalue weighted by atomic mass is 16.6. The standard InChI is InChI=1S/C10H22O2/c1-4-7-9(8-5-2)12-10(11)6-3/h9-11H,4-8H2,1-3H3. The Hall–Kier alpha value is -0.0800. The molecular formula is C10H22O2. The Labute approximate surface area is 75.9 Å². The number of rotatable bonds is 7. The van der Waals surface area contributed by atoms with Crippen molar-refractivity contribution < 1.29 is 9.84 Å². The van der Waals surface area contributed by atoms with Crippen molar-refractivity contribution in [3.63, 3.8) is 0 Å². The molecule has 0 saturated heterocycles. The maximum Gasteiger partial charge on any atom is 0.154 e. The molecule has 1 atom stereocenters. The van der Waals surface area contributed by atoms with Gasteiger partial charge in [-0.25, -0.2) is 0 Å².